The number of nitrogens with zero attached hydrogens (tertiary/aromatic N) is 3. The molecule has 0 saturated heterocycles. The number of aryl methyl sites for hydroxylation is 2. The van der Waals surface area contributed by atoms with Crippen molar-refractivity contribution in [3.8, 4) is 0 Å². The molecule has 0 aromatic carbocycles. The van der Waals surface area contributed by atoms with E-state index >= 15 is 0 Å². The molecule has 0 aliphatic heterocycles. The van der Waals surface area contributed by atoms with Gasteiger partial charge in [-0.15, -0.1) is 5.10 Å². The van der Waals surface area contributed by atoms with Crippen LogP contribution in [0.1, 0.15) is 25.2 Å². The van der Waals surface area contributed by atoms with Crippen LogP contribution in [0.15, 0.2) is 4.73 Å². The van der Waals surface area contributed by atoms with Crippen LogP contribution < -0.4 is 0 Å². The average Bonchev–Trinajstić information content (AvgIpc) is 2.04. The van der Waals surface area contributed by atoms with Crippen LogP contribution in [-0.4, -0.2) is 15.2 Å². The number of aromatic nitrogens is 3. The molecule has 0 amide bonds. The van der Waals surface area contributed by atoms with E-state index in [4.69, 9.17) is 0 Å². The van der Waals surface area contributed by atoms with Crippen molar-refractivity contribution in [2.24, 2.45) is 0 Å². The Kier molecular flexibility index (Phi) is 2.93. The van der Waals surface area contributed by atoms with E-state index < -0.39 is 0 Å². The van der Waals surface area contributed by atoms with Crippen LogP contribution in [-0.2, 0) is 12.8 Å². The molecule has 4 heteroatoms. The minimum atomic E-state index is 0.576. The van der Waals surface area contributed by atoms with Gasteiger partial charge in [-0.2, -0.15) is 5.10 Å². The monoisotopic (exact) mass is 215 g/mol. The fourth-order valence-electron chi connectivity index (χ4n) is 0.915. The zero-order valence-electron chi connectivity index (χ0n) is 6.63. The van der Waals surface area contributed by atoms with Gasteiger partial charge >= 0.3 is 0 Å². The molecule has 0 bridgehead atoms. The fourth-order valence-corrected chi connectivity index (χ4v) is 1.21. The van der Waals surface area contributed by atoms with E-state index in [9.17, 15) is 0 Å². The summed E-state index contributed by atoms with van der Waals surface area (Å²) in [7, 11) is 0. The van der Waals surface area contributed by atoms with E-state index in [1.165, 1.54) is 0 Å². The van der Waals surface area contributed by atoms with E-state index in [-0.39, 0.29) is 0 Å². The summed E-state index contributed by atoms with van der Waals surface area (Å²) in [5, 5.41) is 7.82. The second-order valence-corrected chi connectivity index (χ2v) is 2.89. The van der Waals surface area contributed by atoms with E-state index in [0.717, 1.165) is 24.2 Å². The second kappa shape index (κ2) is 3.76. The molecular formula is C7H10BrN3. The first-order chi connectivity index (χ1) is 5.27. The molecule has 0 fully saturated rings. The van der Waals surface area contributed by atoms with Gasteiger partial charge < -0.3 is 0 Å². The third-order valence-corrected chi connectivity index (χ3v) is 1.82. The summed E-state index contributed by atoms with van der Waals surface area (Å²) < 4.78 is 0.576. The zero-order chi connectivity index (χ0) is 8.27. The fraction of sp³-hybridized carbons (Fsp3) is 0.571. The molecule has 0 saturated carbocycles. The second-order valence-electron chi connectivity index (χ2n) is 2.18. The van der Waals surface area contributed by atoms with Gasteiger partial charge in [-0.05, 0) is 28.8 Å². The summed E-state index contributed by atoms with van der Waals surface area (Å²) in [6.45, 7) is 4.12. The largest absolute Gasteiger partial charge is 0.224 e. The Bertz CT molecular complexity index is 249. The molecule has 0 unspecified atom stereocenters. The van der Waals surface area contributed by atoms with Crippen molar-refractivity contribution >= 4 is 15.9 Å². The van der Waals surface area contributed by atoms with Crippen LogP contribution in [0.5, 0.6) is 0 Å². The van der Waals surface area contributed by atoms with Crippen LogP contribution in [0.25, 0.3) is 0 Å². The third kappa shape index (κ3) is 1.96. The minimum Gasteiger partial charge on any atom is -0.224 e. The van der Waals surface area contributed by atoms with Gasteiger partial charge in [-0.1, -0.05) is 13.8 Å². The summed E-state index contributed by atoms with van der Waals surface area (Å²) in [5.41, 5.74) is 2.03. The van der Waals surface area contributed by atoms with Crippen LogP contribution in [0.3, 0.4) is 0 Å². The number of hydrogen-bond donors (Lipinski definition) is 0. The molecule has 3 nitrogen and oxygen atoms in total. The molecule has 0 N–H and O–H groups in total. The summed E-state index contributed by atoms with van der Waals surface area (Å²) in [6.07, 6.45) is 1.81. The van der Waals surface area contributed by atoms with Crippen molar-refractivity contribution in [1.82, 2.24) is 15.2 Å². The van der Waals surface area contributed by atoms with Gasteiger partial charge in [0, 0.05) is 0 Å². The predicted molar refractivity (Wildman–Crippen MR) is 46.3 cm³/mol. The normalized spacial score (nSPS) is 10.1. The summed E-state index contributed by atoms with van der Waals surface area (Å²) in [5.74, 6) is 0. The Hall–Kier alpha value is -0.510. The third-order valence-electron chi connectivity index (χ3n) is 1.48. The van der Waals surface area contributed by atoms with E-state index in [0.29, 0.717) is 4.73 Å². The van der Waals surface area contributed by atoms with Gasteiger partial charge in [0.25, 0.3) is 0 Å². The van der Waals surface area contributed by atoms with Gasteiger partial charge in [0.05, 0.1) is 11.4 Å². The molecule has 1 aromatic heterocycles. The standard InChI is InChI=1S/C7H10BrN3/c1-3-5-6(4-2)10-11-7(8)9-5/h3-4H2,1-2H3. The topological polar surface area (TPSA) is 38.7 Å². The summed E-state index contributed by atoms with van der Waals surface area (Å²) >= 11 is 3.18. The smallest absolute Gasteiger partial charge is 0.218 e. The molecule has 60 valence electrons. The van der Waals surface area contributed by atoms with Crippen molar-refractivity contribution in [2.75, 3.05) is 0 Å². The van der Waals surface area contributed by atoms with Crippen LogP contribution >= 0.6 is 15.9 Å². The maximum atomic E-state index is 4.21. The Morgan fingerprint density at radius 3 is 2.27 bits per heavy atom. The zero-order valence-corrected chi connectivity index (χ0v) is 8.22. The predicted octanol–water partition coefficient (Wildman–Crippen LogP) is 1.76. The lowest BCUT2D eigenvalue weighted by Gasteiger charge is -2.00. The maximum Gasteiger partial charge on any atom is 0.218 e. The summed E-state index contributed by atoms with van der Waals surface area (Å²) in [6, 6.07) is 0. The highest BCUT2D eigenvalue weighted by molar-refractivity contribution is 9.10. The molecule has 0 spiro atoms. The van der Waals surface area contributed by atoms with Crippen molar-refractivity contribution in [1.29, 1.82) is 0 Å². The van der Waals surface area contributed by atoms with Crippen LogP contribution in [0, 0.1) is 0 Å². The first kappa shape index (κ1) is 8.59. The quantitative estimate of drug-likeness (QED) is 0.755. The Balaban J connectivity index is 3.06. The van der Waals surface area contributed by atoms with Crippen LogP contribution in [0.4, 0.5) is 0 Å². The van der Waals surface area contributed by atoms with Crippen molar-refractivity contribution in [3.63, 3.8) is 0 Å². The molecule has 1 heterocycles. The molecular weight excluding hydrogens is 206 g/mol. The number of rotatable bonds is 2. The Morgan fingerprint density at radius 1 is 1.09 bits per heavy atom. The van der Waals surface area contributed by atoms with Gasteiger partial charge in [0.2, 0.25) is 4.73 Å². The molecule has 11 heavy (non-hydrogen) atoms. The van der Waals surface area contributed by atoms with Crippen molar-refractivity contribution in [2.45, 2.75) is 26.7 Å². The van der Waals surface area contributed by atoms with Gasteiger partial charge in [-0.3, -0.25) is 0 Å². The molecule has 0 aliphatic rings. The molecule has 0 atom stereocenters. The lowest BCUT2D eigenvalue weighted by Crippen LogP contribution is -2.01. The maximum absolute atomic E-state index is 4.21. The molecule has 1 aromatic rings. The number of hydrogen-bond acceptors (Lipinski definition) is 3. The SMILES string of the molecule is CCc1nnc(Br)nc1CC. The van der Waals surface area contributed by atoms with E-state index in [2.05, 4.69) is 45.0 Å². The molecule has 0 radical (unpaired) electrons. The number of halogens is 1. The van der Waals surface area contributed by atoms with Gasteiger partial charge in [0.15, 0.2) is 0 Å². The molecule has 0 aliphatic carbocycles. The first-order valence-electron chi connectivity index (χ1n) is 3.65. The summed E-state index contributed by atoms with van der Waals surface area (Å²) in [4.78, 5) is 4.21. The van der Waals surface area contributed by atoms with Gasteiger partial charge in [0.1, 0.15) is 0 Å². The van der Waals surface area contributed by atoms with Crippen molar-refractivity contribution < 1.29 is 0 Å². The van der Waals surface area contributed by atoms with Crippen LogP contribution in [0.2, 0.25) is 0 Å². The average molecular weight is 216 g/mol. The van der Waals surface area contributed by atoms with Gasteiger partial charge in [-0.25, -0.2) is 4.98 Å². The lowest BCUT2D eigenvalue weighted by atomic mass is 10.2. The lowest BCUT2D eigenvalue weighted by molar-refractivity contribution is 0.802. The molecule has 1 rings (SSSR count). The Morgan fingerprint density at radius 2 is 1.73 bits per heavy atom. The minimum absolute atomic E-state index is 0.576. The van der Waals surface area contributed by atoms with Crippen molar-refractivity contribution in [3.05, 3.63) is 16.1 Å². The highest BCUT2D eigenvalue weighted by Gasteiger charge is 2.02. The highest BCUT2D eigenvalue weighted by Crippen LogP contribution is 2.06. The Labute approximate surface area is 74.4 Å². The van der Waals surface area contributed by atoms with E-state index in [1.807, 2.05) is 0 Å². The highest BCUT2D eigenvalue weighted by atomic mass is 79.9. The van der Waals surface area contributed by atoms with E-state index in [1.54, 1.807) is 0 Å². The first-order valence-corrected chi connectivity index (χ1v) is 4.45.